The monoisotopic (exact) mass is 224 g/mol. The first kappa shape index (κ1) is 10.4. The molecule has 0 saturated heterocycles. The molecule has 0 aliphatic heterocycles. The fraction of sp³-hybridized carbons (Fsp3) is 0.250. The average molecular weight is 225 g/mol. The van der Waals surface area contributed by atoms with Crippen molar-refractivity contribution in [1.82, 2.24) is 0 Å². The molecule has 1 aliphatic carbocycles. The average Bonchev–Trinajstić information content (AvgIpc) is 2.18. The molecule has 1 aromatic rings. The Balaban J connectivity index is 2.49. The molecule has 78 valence electrons. The molecule has 0 amide bonds. The van der Waals surface area contributed by atoms with Gasteiger partial charge in [-0.1, -0.05) is 6.07 Å². The third-order valence-electron chi connectivity index (χ3n) is 2.60. The first-order chi connectivity index (χ1) is 7.16. The molecule has 0 atom stereocenters. The van der Waals surface area contributed by atoms with Gasteiger partial charge in [-0.05, 0) is 59.7 Å². The molecular weight excluding hydrogens is 215 g/mol. The standard InChI is InChI=1S/C12H10ClFO/c13-12(15)6-9-3-1-2-8-4-5-10(14)7-11(8)9/h4-7H,1-3H2. The van der Waals surface area contributed by atoms with Crippen molar-refractivity contribution >= 4 is 22.4 Å². The van der Waals surface area contributed by atoms with Crippen LogP contribution in [0.5, 0.6) is 0 Å². The van der Waals surface area contributed by atoms with E-state index < -0.39 is 5.24 Å². The van der Waals surface area contributed by atoms with Gasteiger partial charge in [0, 0.05) is 6.08 Å². The van der Waals surface area contributed by atoms with E-state index in [4.69, 9.17) is 11.6 Å². The van der Waals surface area contributed by atoms with Crippen LogP contribution in [0.25, 0.3) is 5.57 Å². The van der Waals surface area contributed by atoms with Crippen molar-refractivity contribution in [2.24, 2.45) is 0 Å². The van der Waals surface area contributed by atoms with Crippen molar-refractivity contribution in [1.29, 1.82) is 0 Å². The van der Waals surface area contributed by atoms with Crippen LogP contribution >= 0.6 is 11.6 Å². The Morgan fingerprint density at radius 1 is 1.40 bits per heavy atom. The highest BCUT2D eigenvalue weighted by Crippen LogP contribution is 2.31. The molecule has 0 unspecified atom stereocenters. The normalized spacial score (nSPS) is 17.6. The van der Waals surface area contributed by atoms with Gasteiger partial charge in [0.25, 0.3) is 0 Å². The summed E-state index contributed by atoms with van der Waals surface area (Å²) in [6.45, 7) is 0. The van der Waals surface area contributed by atoms with E-state index in [1.165, 1.54) is 18.2 Å². The van der Waals surface area contributed by atoms with E-state index in [2.05, 4.69) is 0 Å². The highest BCUT2D eigenvalue weighted by Gasteiger charge is 2.15. The highest BCUT2D eigenvalue weighted by atomic mass is 35.5. The lowest BCUT2D eigenvalue weighted by atomic mass is 9.87. The Morgan fingerprint density at radius 3 is 2.93 bits per heavy atom. The number of benzene rings is 1. The maximum absolute atomic E-state index is 13.1. The van der Waals surface area contributed by atoms with Crippen LogP contribution < -0.4 is 0 Å². The number of allylic oxidation sites excluding steroid dienone is 2. The maximum Gasteiger partial charge on any atom is 0.245 e. The minimum absolute atomic E-state index is 0.274. The molecule has 1 nitrogen and oxygen atoms in total. The lowest BCUT2D eigenvalue weighted by Gasteiger charge is -2.18. The summed E-state index contributed by atoms with van der Waals surface area (Å²) in [4.78, 5) is 10.8. The van der Waals surface area contributed by atoms with Gasteiger partial charge in [-0.25, -0.2) is 4.39 Å². The second-order valence-electron chi connectivity index (χ2n) is 3.63. The van der Waals surface area contributed by atoms with E-state index >= 15 is 0 Å². The third kappa shape index (κ3) is 2.26. The number of carbonyl (C=O) groups excluding carboxylic acids is 1. The van der Waals surface area contributed by atoms with Crippen LogP contribution in [0.3, 0.4) is 0 Å². The quantitative estimate of drug-likeness (QED) is 0.528. The smallest absolute Gasteiger partial charge is 0.245 e. The van der Waals surface area contributed by atoms with E-state index in [0.717, 1.165) is 36.0 Å². The Kier molecular flexibility index (Phi) is 2.87. The Hall–Kier alpha value is -1.15. The zero-order valence-corrected chi connectivity index (χ0v) is 8.85. The minimum Gasteiger partial charge on any atom is -0.276 e. The molecular formula is C12H10ClFO. The van der Waals surface area contributed by atoms with Crippen LogP contribution in [0.1, 0.15) is 24.0 Å². The molecule has 0 heterocycles. The molecule has 0 aromatic heterocycles. The van der Waals surface area contributed by atoms with Gasteiger partial charge < -0.3 is 0 Å². The summed E-state index contributed by atoms with van der Waals surface area (Å²) in [5.74, 6) is -0.274. The number of hydrogen-bond donors (Lipinski definition) is 0. The van der Waals surface area contributed by atoms with E-state index in [9.17, 15) is 9.18 Å². The first-order valence-electron chi connectivity index (χ1n) is 4.85. The van der Waals surface area contributed by atoms with Crippen LogP contribution in [0, 0.1) is 5.82 Å². The third-order valence-corrected chi connectivity index (χ3v) is 2.71. The second kappa shape index (κ2) is 4.15. The van der Waals surface area contributed by atoms with E-state index in [1.807, 2.05) is 0 Å². The second-order valence-corrected chi connectivity index (χ2v) is 4.00. The van der Waals surface area contributed by atoms with Crippen LogP contribution in [-0.2, 0) is 11.2 Å². The number of halogens is 2. The van der Waals surface area contributed by atoms with Crippen molar-refractivity contribution in [3.8, 4) is 0 Å². The van der Waals surface area contributed by atoms with Gasteiger partial charge in [-0.3, -0.25) is 4.79 Å². The van der Waals surface area contributed by atoms with Crippen molar-refractivity contribution < 1.29 is 9.18 Å². The highest BCUT2D eigenvalue weighted by molar-refractivity contribution is 6.67. The maximum atomic E-state index is 13.1. The van der Waals surface area contributed by atoms with Crippen LogP contribution in [0.2, 0.25) is 0 Å². The number of hydrogen-bond acceptors (Lipinski definition) is 1. The first-order valence-corrected chi connectivity index (χ1v) is 5.23. The molecule has 1 aliphatic rings. The minimum atomic E-state index is -0.498. The zero-order chi connectivity index (χ0) is 10.8. The molecule has 1 aromatic carbocycles. The van der Waals surface area contributed by atoms with Crippen LogP contribution in [0.15, 0.2) is 24.3 Å². The van der Waals surface area contributed by atoms with Gasteiger partial charge >= 0.3 is 0 Å². The Morgan fingerprint density at radius 2 is 2.20 bits per heavy atom. The summed E-state index contributed by atoms with van der Waals surface area (Å²) in [7, 11) is 0. The summed E-state index contributed by atoms with van der Waals surface area (Å²) in [5.41, 5.74) is 2.76. The van der Waals surface area contributed by atoms with Gasteiger partial charge in [0.15, 0.2) is 0 Å². The summed E-state index contributed by atoms with van der Waals surface area (Å²) in [5, 5.41) is -0.498. The lowest BCUT2D eigenvalue weighted by Crippen LogP contribution is -2.03. The van der Waals surface area contributed by atoms with Gasteiger partial charge in [-0.15, -0.1) is 0 Å². The van der Waals surface area contributed by atoms with Crippen molar-refractivity contribution in [2.75, 3.05) is 0 Å². The van der Waals surface area contributed by atoms with Gasteiger partial charge in [0.2, 0.25) is 5.24 Å². The summed E-state index contributed by atoms with van der Waals surface area (Å²) >= 11 is 5.31. The largest absolute Gasteiger partial charge is 0.276 e. The predicted molar refractivity (Wildman–Crippen MR) is 58.2 cm³/mol. The summed E-state index contributed by atoms with van der Waals surface area (Å²) < 4.78 is 13.1. The molecule has 2 rings (SSSR count). The molecule has 15 heavy (non-hydrogen) atoms. The fourth-order valence-corrected chi connectivity index (χ4v) is 2.09. The molecule has 3 heteroatoms. The fourth-order valence-electron chi connectivity index (χ4n) is 1.96. The molecule has 0 radical (unpaired) electrons. The number of rotatable bonds is 1. The van der Waals surface area contributed by atoms with Crippen molar-refractivity contribution in [2.45, 2.75) is 19.3 Å². The summed E-state index contributed by atoms with van der Waals surface area (Å²) in [6, 6.07) is 4.70. The van der Waals surface area contributed by atoms with Crippen molar-refractivity contribution in [3.05, 3.63) is 41.2 Å². The number of fused-ring (bicyclic) bond motifs is 1. The van der Waals surface area contributed by atoms with Gasteiger partial charge in [0.1, 0.15) is 5.82 Å². The summed E-state index contributed by atoms with van der Waals surface area (Å²) in [6.07, 6.45) is 4.09. The Labute approximate surface area is 92.6 Å². The molecule has 0 N–H and O–H groups in total. The number of carbonyl (C=O) groups is 1. The van der Waals surface area contributed by atoms with E-state index in [-0.39, 0.29) is 5.82 Å². The van der Waals surface area contributed by atoms with Gasteiger partial charge in [0.05, 0.1) is 0 Å². The van der Waals surface area contributed by atoms with Crippen LogP contribution in [-0.4, -0.2) is 5.24 Å². The van der Waals surface area contributed by atoms with E-state index in [0.29, 0.717) is 0 Å². The zero-order valence-electron chi connectivity index (χ0n) is 8.09. The molecule has 0 saturated carbocycles. The van der Waals surface area contributed by atoms with Gasteiger partial charge in [-0.2, -0.15) is 0 Å². The lowest BCUT2D eigenvalue weighted by molar-refractivity contribution is -0.107. The molecule has 0 spiro atoms. The topological polar surface area (TPSA) is 17.1 Å². The van der Waals surface area contributed by atoms with Crippen LogP contribution in [0.4, 0.5) is 4.39 Å². The predicted octanol–water partition coefficient (Wildman–Crippen LogP) is 3.31. The molecule has 0 bridgehead atoms. The SMILES string of the molecule is O=C(Cl)C=C1CCCc2ccc(F)cc21. The molecule has 0 fully saturated rings. The van der Waals surface area contributed by atoms with Crippen molar-refractivity contribution in [3.63, 3.8) is 0 Å². The Bertz CT molecular complexity index is 437. The number of aryl methyl sites for hydroxylation is 1. The van der Waals surface area contributed by atoms with E-state index in [1.54, 1.807) is 6.07 Å².